The Labute approximate surface area is 130 Å². The van der Waals surface area contributed by atoms with Gasteiger partial charge in [-0.1, -0.05) is 54.6 Å². The summed E-state index contributed by atoms with van der Waals surface area (Å²) in [4.78, 5) is 0. The van der Waals surface area contributed by atoms with Gasteiger partial charge in [0, 0.05) is 34.9 Å². The number of nitrogens with one attached hydrogen (secondary N) is 1. The first-order valence-corrected chi connectivity index (χ1v) is 9.00. The molecule has 0 bridgehead atoms. The largest absolute Gasteiger partial charge is 0.307 e. The van der Waals surface area contributed by atoms with Gasteiger partial charge in [0.2, 0.25) is 0 Å². The van der Waals surface area contributed by atoms with Gasteiger partial charge in [-0.3, -0.25) is 4.21 Å². The first-order chi connectivity index (χ1) is 10.1. The minimum absolute atomic E-state index is 0.250. The molecule has 0 saturated heterocycles. The summed E-state index contributed by atoms with van der Waals surface area (Å²) in [5.41, 5.74) is 3.72. The molecule has 0 saturated carbocycles. The van der Waals surface area contributed by atoms with E-state index in [0.717, 1.165) is 0 Å². The maximum Gasteiger partial charge on any atom is 0.0383 e. The molecule has 0 aliphatic carbocycles. The monoisotopic (exact) mass is 301 g/mol. The molecule has 0 fully saturated rings. The van der Waals surface area contributed by atoms with E-state index < -0.39 is 10.8 Å². The molecule has 2 nitrogen and oxygen atoms in total. The highest BCUT2D eigenvalue weighted by molar-refractivity contribution is 7.84. The summed E-state index contributed by atoms with van der Waals surface area (Å²) in [7, 11) is -0.760. The van der Waals surface area contributed by atoms with E-state index in [1.54, 1.807) is 6.26 Å². The van der Waals surface area contributed by atoms with Crippen molar-refractivity contribution in [3.63, 3.8) is 0 Å². The minimum Gasteiger partial charge on any atom is -0.307 e. The second kappa shape index (κ2) is 7.53. The van der Waals surface area contributed by atoms with Crippen molar-refractivity contribution in [2.24, 2.45) is 0 Å². The predicted molar refractivity (Wildman–Crippen MR) is 91.8 cm³/mol. The third-order valence-electron chi connectivity index (χ3n) is 3.54. The molecular weight excluding hydrogens is 278 g/mol. The van der Waals surface area contributed by atoms with Crippen molar-refractivity contribution in [2.75, 3.05) is 12.0 Å². The zero-order chi connectivity index (χ0) is 15.2. The smallest absolute Gasteiger partial charge is 0.0383 e. The van der Waals surface area contributed by atoms with Gasteiger partial charge in [0.15, 0.2) is 0 Å². The summed E-state index contributed by atoms with van der Waals surface area (Å²) in [6, 6.07) is 19.5. The van der Waals surface area contributed by atoms with E-state index in [2.05, 4.69) is 67.7 Å². The maximum atomic E-state index is 11.2. The average Bonchev–Trinajstić information content (AvgIpc) is 2.47. The molecular formula is C18H23NOS. The Hall–Kier alpha value is -1.45. The molecule has 2 rings (SSSR count). The van der Waals surface area contributed by atoms with Crippen LogP contribution in [0.15, 0.2) is 54.6 Å². The van der Waals surface area contributed by atoms with Gasteiger partial charge in [0.25, 0.3) is 0 Å². The number of hydrogen-bond acceptors (Lipinski definition) is 2. The Morgan fingerprint density at radius 1 is 0.952 bits per heavy atom. The molecule has 2 aromatic rings. The first-order valence-electron chi connectivity index (χ1n) is 7.27. The zero-order valence-corrected chi connectivity index (χ0v) is 13.7. The highest BCUT2D eigenvalue weighted by Crippen LogP contribution is 2.21. The Morgan fingerprint density at radius 2 is 1.52 bits per heavy atom. The summed E-state index contributed by atoms with van der Waals surface area (Å²) in [6.07, 6.45) is 1.75. The van der Waals surface area contributed by atoms with Gasteiger partial charge in [0.05, 0.1) is 0 Å². The molecule has 0 aromatic heterocycles. The minimum atomic E-state index is -0.760. The second-order valence-corrected chi connectivity index (χ2v) is 7.00. The van der Waals surface area contributed by atoms with Crippen LogP contribution in [0, 0.1) is 0 Å². The van der Waals surface area contributed by atoms with E-state index in [-0.39, 0.29) is 12.1 Å². The molecule has 3 heteroatoms. The van der Waals surface area contributed by atoms with Gasteiger partial charge in [-0.05, 0) is 30.5 Å². The number of hydrogen-bond donors (Lipinski definition) is 1. The van der Waals surface area contributed by atoms with Crippen LogP contribution in [-0.2, 0) is 10.8 Å². The lowest BCUT2D eigenvalue weighted by atomic mass is 10.0. The van der Waals surface area contributed by atoms with Gasteiger partial charge in [-0.15, -0.1) is 0 Å². The van der Waals surface area contributed by atoms with E-state index in [1.807, 2.05) is 6.07 Å². The predicted octanol–water partition coefficient (Wildman–Crippen LogP) is 3.77. The zero-order valence-electron chi connectivity index (χ0n) is 12.9. The fourth-order valence-electron chi connectivity index (χ4n) is 2.52. The molecule has 0 spiro atoms. The fourth-order valence-corrected chi connectivity index (χ4v) is 3.32. The standard InChI is InChI=1S/C18H23NOS/c1-14(13-21(3)20)19-15(2)16-9-11-18(12-10-16)17-7-5-4-6-8-17/h4-12,14-15,19H,13H2,1-3H3. The lowest BCUT2D eigenvalue weighted by molar-refractivity contribution is 0.508. The number of benzene rings is 2. The molecule has 2 aromatic carbocycles. The molecule has 3 atom stereocenters. The fraction of sp³-hybridized carbons (Fsp3) is 0.333. The SMILES string of the molecule is CC(CS(C)=O)NC(C)c1ccc(-c2ccccc2)cc1. The van der Waals surface area contributed by atoms with Gasteiger partial charge in [-0.2, -0.15) is 0 Å². The Morgan fingerprint density at radius 3 is 2.10 bits per heavy atom. The Bertz CT molecular complexity index is 580. The second-order valence-electron chi connectivity index (χ2n) is 5.52. The molecule has 0 amide bonds. The van der Waals surface area contributed by atoms with Crippen LogP contribution in [0.4, 0.5) is 0 Å². The van der Waals surface area contributed by atoms with Crippen LogP contribution >= 0.6 is 0 Å². The number of rotatable bonds is 6. The molecule has 1 N–H and O–H groups in total. The molecule has 0 heterocycles. The molecule has 112 valence electrons. The quantitative estimate of drug-likeness (QED) is 0.880. The summed E-state index contributed by atoms with van der Waals surface area (Å²) in [5.74, 6) is 0.687. The molecule has 21 heavy (non-hydrogen) atoms. The molecule has 0 radical (unpaired) electrons. The maximum absolute atomic E-state index is 11.2. The van der Waals surface area contributed by atoms with Gasteiger partial charge in [0.1, 0.15) is 0 Å². The lowest BCUT2D eigenvalue weighted by Gasteiger charge is -2.20. The van der Waals surface area contributed by atoms with E-state index in [4.69, 9.17) is 0 Å². The first kappa shape index (κ1) is 15.9. The highest BCUT2D eigenvalue weighted by atomic mass is 32.2. The van der Waals surface area contributed by atoms with Crippen LogP contribution in [0.2, 0.25) is 0 Å². The van der Waals surface area contributed by atoms with E-state index >= 15 is 0 Å². The normalized spacial score (nSPS) is 15.4. The van der Waals surface area contributed by atoms with Crippen LogP contribution in [0.3, 0.4) is 0 Å². The van der Waals surface area contributed by atoms with E-state index in [0.29, 0.717) is 5.75 Å². The van der Waals surface area contributed by atoms with Crippen molar-refractivity contribution in [1.82, 2.24) is 5.32 Å². The Kier molecular flexibility index (Phi) is 5.71. The molecule has 0 aliphatic heterocycles. The van der Waals surface area contributed by atoms with Crippen LogP contribution in [0.5, 0.6) is 0 Å². The van der Waals surface area contributed by atoms with Gasteiger partial charge >= 0.3 is 0 Å². The third-order valence-corrected chi connectivity index (χ3v) is 4.51. The van der Waals surface area contributed by atoms with Crippen LogP contribution in [-0.4, -0.2) is 22.3 Å². The van der Waals surface area contributed by atoms with Gasteiger partial charge in [-0.25, -0.2) is 0 Å². The summed E-state index contributed by atoms with van der Waals surface area (Å²) in [6.45, 7) is 4.23. The van der Waals surface area contributed by atoms with Crippen molar-refractivity contribution in [3.8, 4) is 11.1 Å². The van der Waals surface area contributed by atoms with Crippen LogP contribution in [0.1, 0.15) is 25.5 Å². The summed E-state index contributed by atoms with van der Waals surface area (Å²) in [5, 5.41) is 3.49. The van der Waals surface area contributed by atoms with E-state index in [1.165, 1.54) is 16.7 Å². The molecule has 3 unspecified atom stereocenters. The summed E-state index contributed by atoms with van der Waals surface area (Å²) >= 11 is 0. The van der Waals surface area contributed by atoms with Crippen molar-refractivity contribution < 1.29 is 4.21 Å². The van der Waals surface area contributed by atoms with Crippen molar-refractivity contribution in [1.29, 1.82) is 0 Å². The van der Waals surface area contributed by atoms with Gasteiger partial charge < -0.3 is 5.32 Å². The highest BCUT2D eigenvalue weighted by Gasteiger charge is 2.10. The Balaban J connectivity index is 2.03. The van der Waals surface area contributed by atoms with Crippen LogP contribution < -0.4 is 5.32 Å². The van der Waals surface area contributed by atoms with E-state index in [9.17, 15) is 4.21 Å². The van der Waals surface area contributed by atoms with Crippen molar-refractivity contribution >= 4 is 10.8 Å². The van der Waals surface area contributed by atoms with Crippen molar-refractivity contribution in [3.05, 3.63) is 60.2 Å². The van der Waals surface area contributed by atoms with Crippen molar-refractivity contribution in [2.45, 2.75) is 25.9 Å². The average molecular weight is 301 g/mol. The topological polar surface area (TPSA) is 29.1 Å². The lowest BCUT2D eigenvalue weighted by Crippen LogP contribution is -2.33. The molecule has 0 aliphatic rings. The van der Waals surface area contributed by atoms with Crippen LogP contribution in [0.25, 0.3) is 11.1 Å². The summed E-state index contributed by atoms with van der Waals surface area (Å²) < 4.78 is 11.2. The third kappa shape index (κ3) is 4.80.